The fourth-order valence-corrected chi connectivity index (χ4v) is 2.67. The van der Waals surface area contributed by atoms with Crippen molar-refractivity contribution in [2.75, 3.05) is 12.4 Å². The van der Waals surface area contributed by atoms with E-state index in [4.69, 9.17) is 16.0 Å². The molecule has 3 aromatic rings. The number of aromatic nitrogens is 1. The van der Waals surface area contributed by atoms with Gasteiger partial charge in [0.1, 0.15) is 6.04 Å². The minimum absolute atomic E-state index is 0.198. The molecule has 0 aliphatic carbocycles. The molecule has 0 saturated carbocycles. The van der Waals surface area contributed by atoms with E-state index < -0.39 is 23.7 Å². The Morgan fingerprint density at radius 1 is 1.19 bits per heavy atom. The maximum absolute atomic E-state index is 12.5. The van der Waals surface area contributed by atoms with Gasteiger partial charge >= 0.3 is 11.7 Å². The maximum atomic E-state index is 12.5. The number of hydrogen-bond donors (Lipinski definition) is 1. The third-order valence-corrected chi connectivity index (χ3v) is 4.16. The van der Waals surface area contributed by atoms with Crippen LogP contribution >= 0.6 is 11.6 Å². The third kappa shape index (κ3) is 3.34. The van der Waals surface area contributed by atoms with Crippen molar-refractivity contribution < 1.29 is 18.7 Å². The van der Waals surface area contributed by atoms with Crippen molar-refractivity contribution in [1.82, 2.24) is 4.57 Å². The summed E-state index contributed by atoms with van der Waals surface area (Å²) in [5.41, 5.74) is 1.41. The number of carbonyl (C=O) groups is 2. The normalized spacial score (nSPS) is 12.0. The predicted molar refractivity (Wildman–Crippen MR) is 96.6 cm³/mol. The summed E-state index contributed by atoms with van der Waals surface area (Å²) in [6.07, 6.45) is 0. The Morgan fingerprint density at radius 3 is 2.54 bits per heavy atom. The first-order valence-electron chi connectivity index (χ1n) is 7.70. The summed E-state index contributed by atoms with van der Waals surface area (Å²) in [4.78, 5) is 36.3. The van der Waals surface area contributed by atoms with Gasteiger partial charge in [-0.25, -0.2) is 9.59 Å². The monoisotopic (exact) mass is 374 g/mol. The number of amides is 1. The highest BCUT2D eigenvalue weighted by atomic mass is 35.5. The topological polar surface area (TPSA) is 90.5 Å². The molecule has 0 bridgehead atoms. The number of hydrogen-bond acceptors (Lipinski definition) is 5. The first kappa shape index (κ1) is 17.8. The minimum atomic E-state index is -0.830. The lowest BCUT2D eigenvalue weighted by molar-refractivity contribution is -0.118. The van der Waals surface area contributed by atoms with E-state index in [-0.39, 0.29) is 11.1 Å². The van der Waals surface area contributed by atoms with Crippen LogP contribution in [0.2, 0.25) is 5.02 Å². The number of fused-ring (bicyclic) bond motifs is 1. The number of halogens is 1. The van der Waals surface area contributed by atoms with Crippen LogP contribution in [0.5, 0.6) is 0 Å². The largest absolute Gasteiger partial charge is 0.465 e. The molecule has 7 nitrogen and oxygen atoms in total. The average Bonchev–Trinajstić information content (AvgIpc) is 2.97. The van der Waals surface area contributed by atoms with Gasteiger partial charge in [0, 0.05) is 10.7 Å². The second kappa shape index (κ2) is 7.05. The number of esters is 1. The number of nitrogens with zero attached hydrogens (tertiary/aromatic N) is 1. The van der Waals surface area contributed by atoms with Gasteiger partial charge in [0.2, 0.25) is 5.91 Å². The molecule has 2 aromatic carbocycles. The van der Waals surface area contributed by atoms with Crippen LogP contribution in [-0.2, 0) is 9.53 Å². The van der Waals surface area contributed by atoms with E-state index in [0.29, 0.717) is 16.2 Å². The molecular formula is C18H15ClN2O5. The molecule has 1 amide bonds. The third-order valence-electron chi connectivity index (χ3n) is 3.91. The van der Waals surface area contributed by atoms with Crippen LogP contribution in [0.1, 0.15) is 23.3 Å². The van der Waals surface area contributed by atoms with Crippen LogP contribution in [-0.4, -0.2) is 23.6 Å². The number of rotatable bonds is 4. The molecule has 0 spiro atoms. The fraction of sp³-hybridized carbons (Fsp3) is 0.167. The molecular weight excluding hydrogens is 360 g/mol. The maximum Gasteiger partial charge on any atom is 0.420 e. The van der Waals surface area contributed by atoms with Crippen molar-refractivity contribution >= 4 is 40.3 Å². The highest BCUT2D eigenvalue weighted by molar-refractivity contribution is 6.30. The number of anilines is 1. The van der Waals surface area contributed by atoms with Crippen molar-refractivity contribution in [1.29, 1.82) is 0 Å². The van der Waals surface area contributed by atoms with Crippen LogP contribution < -0.4 is 11.1 Å². The Balaban J connectivity index is 1.92. The molecule has 26 heavy (non-hydrogen) atoms. The minimum Gasteiger partial charge on any atom is -0.465 e. The lowest BCUT2D eigenvalue weighted by Crippen LogP contribution is -2.29. The number of benzene rings is 2. The first-order valence-corrected chi connectivity index (χ1v) is 8.08. The number of nitrogens with one attached hydrogen (secondary N) is 1. The van der Waals surface area contributed by atoms with Crippen LogP contribution in [0.4, 0.5) is 5.69 Å². The van der Waals surface area contributed by atoms with Gasteiger partial charge in [-0.15, -0.1) is 0 Å². The Labute approximate surface area is 153 Å². The molecule has 1 aromatic heterocycles. The molecule has 1 N–H and O–H groups in total. The number of carbonyl (C=O) groups excluding carboxylic acids is 2. The molecule has 0 saturated heterocycles. The summed E-state index contributed by atoms with van der Waals surface area (Å²) in [6.45, 7) is 1.58. The van der Waals surface area contributed by atoms with Gasteiger partial charge in [0.25, 0.3) is 0 Å². The molecule has 0 aliphatic rings. The SMILES string of the molecule is COC(=O)c1ccc2c(c1)oc(=O)n2C(C)C(=O)Nc1ccc(Cl)cc1. The van der Waals surface area contributed by atoms with Gasteiger partial charge in [-0.3, -0.25) is 9.36 Å². The number of oxazole rings is 1. The van der Waals surface area contributed by atoms with Gasteiger partial charge in [-0.05, 0) is 49.4 Å². The summed E-state index contributed by atoms with van der Waals surface area (Å²) in [5, 5.41) is 3.27. The highest BCUT2D eigenvalue weighted by Gasteiger charge is 2.22. The van der Waals surface area contributed by atoms with E-state index in [0.717, 1.165) is 0 Å². The average molecular weight is 375 g/mol. The molecule has 1 unspecified atom stereocenters. The van der Waals surface area contributed by atoms with Gasteiger partial charge < -0.3 is 14.5 Å². The van der Waals surface area contributed by atoms with Crippen LogP contribution in [0.25, 0.3) is 11.1 Å². The summed E-state index contributed by atoms with van der Waals surface area (Å²) in [5.74, 6) is -1.63. The van der Waals surface area contributed by atoms with Crippen molar-refractivity contribution in [3.63, 3.8) is 0 Å². The van der Waals surface area contributed by atoms with Crippen molar-refractivity contribution in [3.05, 3.63) is 63.6 Å². The van der Waals surface area contributed by atoms with Crippen LogP contribution in [0.15, 0.2) is 51.7 Å². The van der Waals surface area contributed by atoms with E-state index in [9.17, 15) is 14.4 Å². The van der Waals surface area contributed by atoms with E-state index in [1.165, 1.54) is 23.8 Å². The van der Waals surface area contributed by atoms with Crippen molar-refractivity contribution in [3.8, 4) is 0 Å². The van der Waals surface area contributed by atoms with E-state index >= 15 is 0 Å². The predicted octanol–water partition coefficient (Wildman–Crippen LogP) is 3.23. The van der Waals surface area contributed by atoms with Crippen LogP contribution in [0, 0.1) is 0 Å². The molecule has 3 rings (SSSR count). The van der Waals surface area contributed by atoms with Gasteiger partial charge in [-0.1, -0.05) is 11.6 Å². The molecule has 1 heterocycles. The van der Waals surface area contributed by atoms with Crippen molar-refractivity contribution in [2.45, 2.75) is 13.0 Å². The molecule has 0 radical (unpaired) electrons. The quantitative estimate of drug-likeness (QED) is 0.708. The molecule has 1 atom stereocenters. The lowest BCUT2D eigenvalue weighted by atomic mass is 10.2. The van der Waals surface area contributed by atoms with E-state index in [1.807, 2.05) is 0 Å². The molecule has 134 valence electrons. The zero-order valence-electron chi connectivity index (χ0n) is 14.0. The van der Waals surface area contributed by atoms with E-state index in [2.05, 4.69) is 10.1 Å². The second-order valence-corrected chi connectivity index (χ2v) is 6.02. The Morgan fingerprint density at radius 2 is 1.88 bits per heavy atom. The Hall–Kier alpha value is -3.06. The van der Waals surface area contributed by atoms with Crippen LogP contribution in [0.3, 0.4) is 0 Å². The Bertz CT molecular complexity index is 1040. The van der Waals surface area contributed by atoms with E-state index in [1.54, 1.807) is 37.3 Å². The van der Waals surface area contributed by atoms with Crippen molar-refractivity contribution in [2.24, 2.45) is 0 Å². The van der Waals surface area contributed by atoms with Gasteiger partial charge in [-0.2, -0.15) is 0 Å². The Kier molecular flexibility index (Phi) is 4.81. The smallest absolute Gasteiger partial charge is 0.420 e. The molecule has 8 heteroatoms. The fourth-order valence-electron chi connectivity index (χ4n) is 2.55. The van der Waals surface area contributed by atoms with Gasteiger partial charge in [0.05, 0.1) is 18.2 Å². The zero-order chi connectivity index (χ0) is 18.8. The molecule has 0 fully saturated rings. The van der Waals surface area contributed by atoms with Gasteiger partial charge in [0.15, 0.2) is 5.58 Å². The summed E-state index contributed by atoms with van der Waals surface area (Å²) >= 11 is 5.82. The highest BCUT2D eigenvalue weighted by Crippen LogP contribution is 2.21. The summed E-state index contributed by atoms with van der Waals surface area (Å²) < 4.78 is 11.0. The summed E-state index contributed by atoms with van der Waals surface area (Å²) in [6, 6.07) is 10.2. The summed E-state index contributed by atoms with van der Waals surface area (Å²) in [7, 11) is 1.26. The lowest BCUT2D eigenvalue weighted by Gasteiger charge is -2.13. The second-order valence-electron chi connectivity index (χ2n) is 5.58. The first-order chi connectivity index (χ1) is 12.4. The number of methoxy groups -OCH3 is 1. The molecule has 0 aliphatic heterocycles. The standard InChI is InChI=1S/C18H15ClN2O5/c1-10(16(22)20-13-6-4-12(19)5-7-13)21-14-8-3-11(17(23)25-2)9-15(14)26-18(21)24/h3-10H,1-2H3,(H,20,22). The number of ether oxygens (including phenoxy) is 1. The zero-order valence-corrected chi connectivity index (χ0v) is 14.7.